The van der Waals surface area contributed by atoms with Crippen LogP contribution < -0.4 is 19.1 Å². The van der Waals surface area contributed by atoms with Crippen LogP contribution >= 0.6 is 11.8 Å². The van der Waals surface area contributed by atoms with Gasteiger partial charge in [0.25, 0.3) is 11.8 Å². The summed E-state index contributed by atoms with van der Waals surface area (Å²) in [6.45, 7) is 4.41. The molecule has 1 aliphatic rings. The van der Waals surface area contributed by atoms with Crippen molar-refractivity contribution in [3.8, 4) is 17.2 Å². The molecule has 2 aromatic rings. The maximum atomic E-state index is 13.4. The van der Waals surface area contributed by atoms with Crippen molar-refractivity contribution in [1.82, 2.24) is 0 Å². The zero-order valence-electron chi connectivity index (χ0n) is 16.9. The molecule has 29 heavy (non-hydrogen) atoms. The molecule has 7 heteroatoms. The van der Waals surface area contributed by atoms with Crippen molar-refractivity contribution in [2.24, 2.45) is 0 Å². The standard InChI is InChI=1S/C22H23NO5S/c1-5-28-15-9-7-14(8-10-15)19-20(29-6-2)22(25)23(21(19)24)17-12-11-16(26-3)13-18(17)27-4/h7-13H,5-6H2,1-4H3. The summed E-state index contributed by atoms with van der Waals surface area (Å²) in [5.74, 6) is 1.62. The quantitative estimate of drug-likeness (QED) is 0.606. The highest BCUT2D eigenvalue weighted by Crippen LogP contribution is 2.42. The van der Waals surface area contributed by atoms with Crippen molar-refractivity contribution in [2.75, 3.05) is 31.5 Å². The Labute approximate surface area is 174 Å². The van der Waals surface area contributed by atoms with Crippen molar-refractivity contribution in [3.63, 3.8) is 0 Å². The number of hydrogen-bond donors (Lipinski definition) is 0. The van der Waals surface area contributed by atoms with E-state index >= 15 is 0 Å². The lowest BCUT2D eigenvalue weighted by Gasteiger charge is -2.19. The van der Waals surface area contributed by atoms with Crippen LogP contribution in [-0.2, 0) is 9.59 Å². The number of ether oxygens (including phenoxy) is 3. The Morgan fingerprint density at radius 2 is 1.59 bits per heavy atom. The van der Waals surface area contributed by atoms with E-state index in [4.69, 9.17) is 14.2 Å². The van der Waals surface area contributed by atoms with Crippen molar-refractivity contribution >= 4 is 34.8 Å². The second kappa shape index (κ2) is 9.05. The first-order valence-corrected chi connectivity index (χ1v) is 10.2. The summed E-state index contributed by atoms with van der Waals surface area (Å²) in [4.78, 5) is 28.1. The summed E-state index contributed by atoms with van der Waals surface area (Å²) >= 11 is 1.36. The largest absolute Gasteiger partial charge is 0.497 e. The summed E-state index contributed by atoms with van der Waals surface area (Å²) in [5, 5.41) is 0. The summed E-state index contributed by atoms with van der Waals surface area (Å²) in [5.41, 5.74) is 1.46. The van der Waals surface area contributed by atoms with Crippen LogP contribution in [0.3, 0.4) is 0 Å². The zero-order valence-corrected chi connectivity index (χ0v) is 17.7. The number of amides is 2. The van der Waals surface area contributed by atoms with Gasteiger partial charge in [-0.05, 0) is 42.5 Å². The lowest BCUT2D eigenvalue weighted by molar-refractivity contribution is -0.119. The van der Waals surface area contributed by atoms with Gasteiger partial charge < -0.3 is 14.2 Å². The van der Waals surface area contributed by atoms with Crippen molar-refractivity contribution < 1.29 is 23.8 Å². The number of imide groups is 1. The molecule has 0 saturated carbocycles. The van der Waals surface area contributed by atoms with E-state index in [1.165, 1.54) is 23.8 Å². The molecule has 1 heterocycles. The molecule has 0 spiro atoms. The van der Waals surface area contributed by atoms with Gasteiger partial charge in [-0.1, -0.05) is 19.1 Å². The Bertz CT molecular complexity index is 952. The van der Waals surface area contributed by atoms with E-state index in [0.717, 1.165) is 0 Å². The average molecular weight is 413 g/mol. The Balaban J connectivity index is 2.05. The molecular weight excluding hydrogens is 390 g/mol. The fourth-order valence-corrected chi connectivity index (χ4v) is 3.97. The molecule has 0 radical (unpaired) electrons. The van der Waals surface area contributed by atoms with E-state index in [0.29, 0.717) is 51.3 Å². The molecule has 3 rings (SSSR count). The van der Waals surface area contributed by atoms with Gasteiger partial charge in [0.2, 0.25) is 0 Å². The Kier molecular flexibility index (Phi) is 6.49. The predicted octanol–water partition coefficient (Wildman–Crippen LogP) is 4.14. The van der Waals surface area contributed by atoms with Crippen molar-refractivity contribution in [2.45, 2.75) is 13.8 Å². The third-order valence-electron chi connectivity index (χ3n) is 4.41. The van der Waals surface area contributed by atoms with Gasteiger partial charge in [0, 0.05) is 6.07 Å². The molecule has 6 nitrogen and oxygen atoms in total. The van der Waals surface area contributed by atoms with Crippen LogP contribution in [0.5, 0.6) is 17.2 Å². The number of nitrogens with zero attached hydrogens (tertiary/aromatic N) is 1. The van der Waals surface area contributed by atoms with Gasteiger partial charge in [0.1, 0.15) is 17.2 Å². The normalized spacial score (nSPS) is 13.9. The van der Waals surface area contributed by atoms with E-state index < -0.39 is 0 Å². The maximum absolute atomic E-state index is 13.4. The molecule has 0 bridgehead atoms. The molecule has 0 N–H and O–H groups in total. The number of rotatable bonds is 8. The molecule has 0 aliphatic carbocycles. The minimum atomic E-state index is -0.376. The lowest BCUT2D eigenvalue weighted by Crippen LogP contribution is -2.31. The minimum absolute atomic E-state index is 0.353. The van der Waals surface area contributed by atoms with E-state index in [2.05, 4.69) is 0 Å². The fraction of sp³-hybridized carbons (Fsp3) is 0.273. The van der Waals surface area contributed by atoms with Gasteiger partial charge in [-0.2, -0.15) is 0 Å². The second-order valence-corrected chi connectivity index (χ2v) is 7.35. The smallest absolute Gasteiger partial charge is 0.272 e. The van der Waals surface area contributed by atoms with Gasteiger partial charge in [-0.25, -0.2) is 4.90 Å². The molecule has 0 fully saturated rings. The number of carbonyl (C=O) groups is 2. The summed E-state index contributed by atoms with van der Waals surface area (Å²) in [6, 6.07) is 12.2. The first-order chi connectivity index (χ1) is 14.0. The molecule has 0 atom stereocenters. The van der Waals surface area contributed by atoms with Crippen LogP contribution in [0.2, 0.25) is 0 Å². The van der Waals surface area contributed by atoms with Crippen molar-refractivity contribution in [1.29, 1.82) is 0 Å². The number of methoxy groups -OCH3 is 2. The van der Waals surface area contributed by atoms with Crippen LogP contribution in [0.25, 0.3) is 5.57 Å². The SMILES string of the molecule is CCOc1ccc(C2=C(SCC)C(=O)N(c3ccc(OC)cc3OC)C2=O)cc1. The zero-order chi connectivity index (χ0) is 21.0. The number of benzene rings is 2. The molecule has 2 aromatic carbocycles. The predicted molar refractivity (Wildman–Crippen MR) is 115 cm³/mol. The van der Waals surface area contributed by atoms with Gasteiger partial charge in [0.15, 0.2) is 0 Å². The van der Waals surface area contributed by atoms with E-state index in [9.17, 15) is 9.59 Å². The Hall–Kier alpha value is -2.93. The van der Waals surface area contributed by atoms with E-state index in [1.807, 2.05) is 13.8 Å². The molecule has 152 valence electrons. The third kappa shape index (κ3) is 3.96. The third-order valence-corrected chi connectivity index (χ3v) is 5.37. The molecule has 2 amide bonds. The molecule has 0 saturated heterocycles. The fourth-order valence-electron chi connectivity index (χ4n) is 3.12. The summed E-state index contributed by atoms with van der Waals surface area (Å²) < 4.78 is 16.1. The monoisotopic (exact) mass is 413 g/mol. The molecule has 0 unspecified atom stereocenters. The van der Waals surface area contributed by atoms with Crippen LogP contribution in [-0.4, -0.2) is 38.4 Å². The topological polar surface area (TPSA) is 65.1 Å². The Morgan fingerprint density at radius 3 is 2.17 bits per heavy atom. The highest BCUT2D eigenvalue weighted by Gasteiger charge is 2.41. The van der Waals surface area contributed by atoms with Crippen LogP contribution in [0.1, 0.15) is 19.4 Å². The average Bonchev–Trinajstić information content (AvgIpc) is 2.98. The highest BCUT2D eigenvalue weighted by atomic mass is 32.2. The highest BCUT2D eigenvalue weighted by molar-refractivity contribution is 8.04. The van der Waals surface area contributed by atoms with Gasteiger partial charge in [-0.15, -0.1) is 11.8 Å². The molecular formula is C22H23NO5S. The van der Waals surface area contributed by atoms with Crippen molar-refractivity contribution in [3.05, 3.63) is 52.9 Å². The molecule has 1 aliphatic heterocycles. The maximum Gasteiger partial charge on any atom is 0.272 e. The lowest BCUT2D eigenvalue weighted by atomic mass is 10.1. The second-order valence-electron chi connectivity index (χ2n) is 6.08. The van der Waals surface area contributed by atoms with Crippen LogP contribution in [0.15, 0.2) is 47.4 Å². The van der Waals surface area contributed by atoms with Gasteiger partial charge in [0.05, 0.1) is 37.0 Å². The van der Waals surface area contributed by atoms with E-state index in [-0.39, 0.29) is 11.8 Å². The first-order valence-electron chi connectivity index (χ1n) is 9.26. The number of thioether (sulfide) groups is 1. The van der Waals surface area contributed by atoms with Gasteiger partial charge in [-0.3, -0.25) is 9.59 Å². The number of anilines is 1. The Morgan fingerprint density at radius 1 is 0.897 bits per heavy atom. The number of carbonyl (C=O) groups excluding carboxylic acids is 2. The first kappa shape index (κ1) is 20.8. The van der Waals surface area contributed by atoms with Crippen LogP contribution in [0, 0.1) is 0 Å². The summed E-state index contributed by atoms with van der Waals surface area (Å²) in [7, 11) is 3.04. The minimum Gasteiger partial charge on any atom is -0.497 e. The summed E-state index contributed by atoms with van der Waals surface area (Å²) in [6.07, 6.45) is 0. The number of hydrogen-bond acceptors (Lipinski definition) is 6. The van der Waals surface area contributed by atoms with Gasteiger partial charge >= 0.3 is 0 Å². The molecule has 0 aromatic heterocycles. The van der Waals surface area contributed by atoms with Crippen LogP contribution in [0.4, 0.5) is 5.69 Å². The van der Waals surface area contributed by atoms with E-state index in [1.54, 1.807) is 49.6 Å².